The van der Waals surface area contributed by atoms with Crippen molar-refractivity contribution in [3.63, 3.8) is 0 Å². The second kappa shape index (κ2) is 5.27. The minimum Gasteiger partial charge on any atom is -0.496 e. The Morgan fingerprint density at radius 2 is 2.24 bits per heavy atom. The van der Waals surface area contributed by atoms with Crippen LogP contribution in [0.4, 0.5) is 0 Å². The van der Waals surface area contributed by atoms with Gasteiger partial charge in [-0.3, -0.25) is 0 Å². The monoisotopic (exact) mass is 233 g/mol. The highest BCUT2D eigenvalue weighted by molar-refractivity contribution is 5.30. The van der Waals surface area contributed by atoms with Gasteiger partial charge in [0.1, 0.15) is 5.76 Å². The standard InChI is InChI=1S/C13H19N3O/c1-4-14-13(12-6-5-7-17-12)11-8-9(2)15-16-10(11)3/h6,8,13-14H,4-5,7H2,1-3H3. The Morgan fingerprint density at radius 1 is 1.41 bits per heavy atom. The molecule has 0 bridgehead atoms. The van der Waals surface area contributed by atoms with Crippen LogP contribution in [0.5, 0.6) is 0 Å². The van der Waals surface area contributed by atoms with E-state index in [-0.39, 0.29) is 6.04 Å². The molecular formula is C13H19N3O. The molecule has 0 radical (unpaired) electrons. The Balaban J connectivity index is 2.34. The SMILES string of the molecule is CCNC(C1=CCCO1)c1cc(C)nnc1C. The largest absolute Gasteiger partial charge is 0.496 e. The van der Waals surface area contributed by atoms with Crippen molar-refractivity contribution in [1.82, 2.24) is 15.5 Å². The van der Waals surface area contributed by atoms with Crippen LogP contribution in [0.1, 0.15) is 36.3 Å². The number of rotatable bonds is 4. The maximum absolute atomic E-state index is 5.67. The van der Waals surface area contributed by atoms with Crippen LogP contribution in [0, 0.1) is 13.8 Å². The zero-order valence-electron chi connectivity index (χ0n) is 10.7. The van der Waals surface area contributed by atoms with Crippen molar-refractivity contribution in [2.24, 2.45) is 0 Å². The molecule has 1 unspecified atom stereocenters. The molecule has 2 rings (SSSR count). The molecule has 2 heterocycles. The van der Waals surface area contributed by atoms with Gasteiger partial charge in [-0.05, 0) is 32.5 Å². The van der Waals surface area contributed by atoms with Crippen molar-refractivity contribution in [3.05, 3.63) is 34.9 Å². The minimum atomic E-state index is 0.108. The first-order valence-electron chi connectivity index (χ1n) is 6.09. The maximum atomic E-state index is 5.67. The molecule has 0 aromatic carbocycles. The van der Waals surface area contributed by atoms with Gasteiger partial charge in [0.15, 0.2) is 0 Å². The zero-order valence-corrected chi connectivity index (χ0v) is 10.7. The molecule has 0 amide bonds. The molecule has 1 aliphatic heterocycles. The van der Waals surface area contributed by atoms with Crippen molar-refractivity contribution < 1.29 is 4.74 Å². The van der Waals surface area contributed by atoms with Gasteiger partial charge in [0.05, 0.1) is 24.0 Å². The smallest absolute Gasteiger partial charge is 0.114 e. The summed E-state index contributed by atoms with van der Waals surface area (Å²) in [6.07, 6.45) is 3.15. The molecule has 1 aromatic rings. The summed E-state index contributed by atoms with van der Waals surface area (Å²) in [7, 11) is 0. The number of nitrogens with one attached hydrogen (secondary N) is 1. The van der Waals surface area contributed by atoms with Gasteiger partial charge in [0.25, 0.3) is 0 Å². The molecule has 0 aliphatic carbocycles. The lowest BCUT2D eigenvalue weighted by Crippen LogP contribution is -2.24. The summed E-state index contributed by atoms with van der Waals surface area (Å²) in [6.45, 7) is 7.73. The second-order valence-corrected chi connectivity index (χ2v) is 4.26. The molecule has 4 heteroatoms. The molecule has 0 fully saturated rings. The lowest BCUT2D eigenvalue weighted by molar-refractivity contribution is 0.215. The van der Waals surface area contributed by atoms with E-state index in [1.807, 2.05) is 13.8 Å². The third-order valence-electron chi connectivity index (χ3n) is 2.88. The van der Waals surface area contributed by atoms with Crippen molar-refractivity contribution in [2.75, 3.05) is 13.2 Å². The summed E-state index contributed by atoms with van der Waals surface area (Å²) in [4.78, 5) is 0. The van der Waals surface area contributed by atoms with Gasteiger partial charge in [-0.2, -0.15) is 10.2 Å². The molecule has 0 saturated carbocycles. The molecule has 0 spiro atoms. The normalized spacial score (nSPS) is 16.5. The molecule has 0 saturated heterocycles. The fourth-order valence-electron chi connectivity index (χ4n) is 2.07. The van der Waals surface area contributed by atoms with Crippen molar-refractivity contribution in [2.45, 2.75) is 33.2 Å². The Labute approximate surface area is 102 Å². The number of hydrogen-bond donors (Lipinski definition) is 1. The van der Waals surface area contributed by atoms with Crippen LogP contribution in [0.2, 0.25) is 0 Å². The van der Waals surface area contributed by atoms with Crippen LogP contribution in [0.25, 0.3) is 0 Å². The molecule has 1 aromatic heterocycles. The Hall–Kier alpha value is -1.42. The predicted octanol–water partition coefficient (Wildman–Crippen LogP) is 2.05. The van der Waals surface area contributed by atoms with Gasteiger partial charge >= 0.3 is 0 Å². The molecule has 1 N–H and O–H groups in total. The van der Waals surface area contributed by atoms with Crippen molar-refractivity contribution in [3.8, 4) is 0 Å². The van der Waals surface area contributed by atoms with Crippen LogP contribution in [-0.2, 0) is 4.74 Å². The molecule has 1 aliphatic rings. The van der Waals surface area contributed by atoms with Gasteiger partial charge in [-0.15, -0.1) is 0 Å². The fourth-order valence-corrected chi connectivity index (χ4v) is 2.07. The van der Waals surface area contributed by atoms with Crippen LogP contribution in [-0.4, -0.2) is 23.3 Å². The average Bonchev–Trinajstić information content (AvgIpc) is 2.83. The summed E-state index contributed by atoms with van der Waals surface area (Å²) < 4.78 is 5.67. The van der Waals surface area contributed by atoms with Crippen LogP contribution < -0.4 is 5.32 Å². The van der Waals surface area contributed by atoms with Gasteiger partial charge in [-0.1, -0.05) is 6.92 Å². The van der Waals surface area contributed by atoms with E-state index >= 15 is 0 Å². The number of aromatic nitrogens is 2. The first kappa shape index (κ1) is 12.0. The third kappa shape index (κ3) is 2.64. The fraction of sp³-hybridized carbons (Fsp3) is 0.538. The van der Waals surface area contributed by atoms with Crippen LogP contribution in [0.3, 0.4) is 0 Å². The quantitative estimate of drug-likeness (QED) is 0.864. The Bertz CT molecular complexity index is 429. The lowest BCUT2D eigenvalue weighted by Gasteiger charge is -2.20. The van der Waals surface area contributed by atoms with Crippen LogP contribution >= 0.6 is 0 Å². The first-order chi connectivity index (χ1) is 8.22. The van der Waals surface area contributed by atoms with Gasteiger partial charge in [0.2, 0.25) is 0 Å². The maximum Gasteiger partial charge on any atom is 0.114 e. The van der Waals surface area contributed by atoms with Gasteiger partial charge in [-0.25, -0.2) is 0 Å². The second-order valence-electron chi connectivity index (χ2n) is 4.26. The van der Waals surface area contributed by atoms with Crippen LogP contribution in [0.15, 0.2) is 17.9 Å². The third-order valence-corrected chi connectivity index (χ3v) is 2.88. The molecule has 92 valence electrons. The lowest BCUT2D eigenvalue weighted by atomic mass is 10.0. The zero-order chi connectivity index (χ0) is 12.3. The predicted molar refractivity (Wildman–Crippen MR) is 66.6 cm³/mol. The summed E-state index contributed by atoms with van der Waals surface area (Å²) >= 11 is 0. The average molecular weight is 233 g/mol. The summed E-state index contributed by atoms with van der Waals surface area (Å²) in [6, 6.07) is 2.19. The van der Waals surface area contributed by atoms with E-state index in [0.29, 0.717) is 0 Å². The molecule has 1 atom stereocenters. The van der Waals surface area contributed by atoms with E-state index in [0.717, 1.165) is 42.3 Å². The van der Waals surface area contributed by atoms with E-state index in [1.54, 1.807) is 0 Å². The first-order valence-corrected chi connectivity index (χ1v) is 6.09. The minimum absolute atomic E-state index is 0.108. The molecule has 17 heavy (non-hydrogen) atoms. The Morgan fingerprint density at radius 3 is 2.88 bits per heavy atom. The summed E-state index contributed by atoms with van der Waals surface area (Å²) in [5.41, 5.74) is 3.05. The van der Waals surface area contributed by atoms with E-state index in [1.165, 1.54) is 0 Å². The van der Waals surface area contributed by atoms with E-state index < -0.39 is 0 Å². The highest BCUT2D eigenvalue weighted by atomic mass is 16.5. The highest BCUT2D eigenvalue weighted by Gasteiger charge is 2.22. The van der Waals surface area contributed by atoms with E-state index in [4.69, 9.17) is 4.74 Å². The number of nitrogens with zero attached hydrogens (tertiary/aromatic N) is 2. The topological polar surface area (TPSA) is 47.0 Å². The number of aryl methyl sites for hydroxylation is 2. The number of likely N-dealkylation sites (N-methyl/N-ethyl adjacent to an activating group) is 1. The van der Waals surface area contributed by atoms with Crippen molar-refractivity contribution >= 4 is 0 Å². The van der Waals surface area contributed by atoms with E-state index in [2.05, 4.69) is 34.6 Å². The number of hydrogen-bond acceptors (Lipinski definition) is 4. The molecule has 4 nitrogen and oxygen atoms in total. The highest BCUT2D eigenvalue weighted by Crippen LogP contribution is 2.27. The summed E-state index contributed by atoms with van der Waals surface area (Å²) in [5, 5.41) is 11.7. The van der Waals surface area contributed by atoms with Crippen molar-refractivity contribution in [1.29, 1.82) is 0 Å². The van der Waals surface area contributed by atoms with E-state index in [9.17, 15) is 0 Å². The number of ether oxygens (including phenoxy) is 1. The Kier molecular flexibility index (Phi) is 3.74. The summed E-state index contributed by atoms with van der Waals surface area (Å²) in [5.74, 6) is 1.02. The molecular weight excluding hydrogens is 214 g/mol. The van der Waals surface area contributed by atoms with Gasteiger partial charge in [0, 0.05) is 12.0 Å². The van der Waals surface area contributed by atoms with Gasteiger partial charge < -0.3 is 10.1 Å².